The maximum absolute atomic E-state index is 12.6. The lowest BCUT2D eigenvalue weighted by molar-refractivity contribution is 0.101. The average molecular weight is 406 g/mol. The van der Waals surface area contributed by atoms with Crippen LogP contribution in [0.2, 0.25) is 0 Å². The summed E-state index contributed by atoms with van der Waals surface area (Å²) >= 11 is 0. The number of rotatable bonds is 7. The van der Waals surface area contributed by atoms with Crippen molar-refractivity contribution in [3.05, 3.63) is 77.9 Å². The van der Waals surface area contributed by atoms with Crippen LogP contribution < -0.4 is 24.8 Å². The van der Waals surface area contributed by atoms with E-state index in [0.717, 1.165) is 0 Å². The molecule has 0 spiro atoms. The Kier molecular flexibility index (Phi) is 6.54. The molecule has 7 nitrogen and oxygen atoms in total. The first-order valence-electron chi connectivity index (χ1n) is 9.13. The number of para-hydroxylation sites is 2. The number of amides is 2. The van der Waals surface area contributed by atoms with Crippen molar-refractivity contribution >= 4 is 23.2 Å². The lowest BCUT2D eigenvalue weighted by Crippen LogP contribution is -2.14. The van der Waals surface area contributed by atoms with Crippen molar-refractivity contribution in [3.63, 3.8) is 0 Å². The molecule has 0 saturated carbocycles. The SMILES string of the molecule is COc1ccc(C(=O)Nc2ccc(C(=O)Nc3ccccc3OC)cc2)c(OC)c1. The molecule has 3 aromatic carbocycles. The molecule has 30 heavy (non-hydrogen) atoms. The van der Waals surface area contributed by atoms with Gasteiger partial charge in [-0.2, -0.15) is 0 Å². The minimum Gasteiger partial charge on any atom is -0.497 e. The molecule has 0 saturated heterocycles. The topological polar surface area (TPSA) is 85.9 Å². The van der Waals surface area contributed by atoms with Gasteiger partial charge in [0.05, 0.1) is 32.6 Å². The monoisotopic (exact) mass is 406 g/mol. The second-order valence-electron chi connectivity index (χ2n) is 6.25. The van der Waals surface area contributed by atoms with E-state index >= 15 is 0 Å². The first kappa shape index (κ1) is 20.7. The Morgan fingerprint density at radius 1 is 0.700 bits per heavy atom. The van der Waals surface area contributed by atoms with Crippen molar-refractivity contribution in [2.75, 3.05) is 32.0 Å². The molecule has 0 aliphatic rings. The Morgan fingerprint density at radius 3 is 2.07 bits per heavy atom. The van der Waals surface area contributed by atoms with Gasteiger partial charge in [-0.1, -0.05) is 12.1 Å². The van der Waals surface area contributed by atoms with E-state index in [1.165, 1.54) is 7.11 Å². The van der Waals surface area contributed by atoms with E-state index in [1.807, 2.05) is 12.1 Å². The third kappa shape index (κ3) is 4.70. The maximum atomic E-state index is 12.6. The number of carbonyl (C=O) groups is 2. The van der Waals surface area contributed by atoms with E-state index in [2.05, 4.69) is 10.6 Å². The molecule has 0 unspecified atom stereocenters. The highest BCUT2D eigenvalue weighted by Gasteiger charge is 2.14. The minimum absolute atomic E-state index is 0.283. The van der Waals surface area contributed by atoms with Gasteiger partial charge in [-0.3, -0.25) is 9.59 Å². The largest absolute Gasteiger partial charge is 0.497 e. The van der Waals surface area contributed by atoms with Crippen LogP contribution in [0.1, 0.15) is 20.7 Å². The van der Waals surface area contributed by atoms with Gasteiger partial charge < -0.3 is 24.8 Å². The second kappa shape index (κ2) is 9.47. The standard InChI is InChI=1S/C23H22N2O5/c1-28-17-12-13-18(21(14-17)30-3)23(27)24-16-10-8-15(9-11-16)22(26)25-19-6-4-5-7-20(19)29-2/h4-14H,1-3H3,(H,24,27)(H,25,26). The summed E-state index contributed by atoms with van der Waals surface area (Å²) in [6.07, 6.45) is 0. The summed E-state index contributed by atoms with van der Waals surface area (Å²) < 4.78 is 15.7. The van der Waals surface area contributed by atoms with E-state index < -0.39 is 0 Å². The van der Waals surface area contributed by atoms with Gasteiger partial charge in [-0.15, -0.1) is 0 Å². The molecule has 0 fully saturated rings. The number of hydrogen-bond donors (Lipinski definition) is 2. The van der Waals surface area contributed by atoms with Gasteiger partial charge in [-0.05, 0) is 48.5 Å². The van der Waals surface area contributed by atoms with Crippen molar-refractivity contribution < 1.29 is 23.8 Å². The molecule has 7 heteroatoms. The van der Waals surface area contributed by atoms with E-state index in [-0.39, 0.29) is 11.8 Å². The van der Waals surface area contributed by atoms with Gasteiger partial charge in [0.25, 0.3) is 11.8 Å². The molecule has 3 aromatic rings. The minimum atomic E-state index is -0.333. The van der Waals surface area contributed by atoms with Crippen molar-refractivity contribution in [2.24, 2.45) is 0 Å². The molecular weight excluding hydrogens is 384 g/mol. The van der Waals surface area contributed by atoms with Gasteiger partial charge in [0.2, 0.25) is 0 Å². The lowest BCUT2D eigenvalue weighted by atomic mass is 10.1. The van der Waals surface area contributed by atoms with Crippen LogP contribution in [0.5, 0.6) is 17.2 Å². The van der Waals surface area contributed by atoms with Gasteiger partial charge >= 0.3 is 0 Å². The molecule has 154 valence electrons. The zero-order valence-electron chi connectivity index (χ0n) is 16.9. The van der Waals surface area contributed by atoms with Crippen LogP contribution in [0.25, 0.3) is 0 Å². The molecule has 0 bridgehead atoms. The van der Waals surface area contributed by atoms with Crippen molar-refractivity contribution in [1.82, 2.24) is 0 Å². The first-order chi connectivity index (χ1) is 14.5. The molecule has 0 aliphatic carbocycles. The highest BCUT2D eigenvalue weighted by Crippen LogP contribution is 2.26. The van der Waals surface area contributed by atoms with Crippen molar-refractivity contribution in [1.29, 1.82) is 0 Å². The molecule has 0 aliphatic heterocycles. The maximum Gasteiger partial charge on any atom is 0.259 e. The van der Waals surface area contributed by atoms with Crippen molar-refractivity contribution in [3.8, 4) is 17.2 Å². The Bertz CT molecular complexity index is 1050. The normalized spacial score (nSPS) is 10.1. The third-order valence-corrected chi connectivity index (χ3v) is 4.41. The van der Waals surface area contributed by atoms with Gasteiger partial charge in [0.15, 0.2) is 0 Å². The third-order valence-electron chi connectivity index (χ3n) is 4.41. The number of ether oxygens (including phenoxy) is 3. The number of benzene rings is 3. The summed E-state index contributed by atoms with van der Waals surface area (Å²) in [6, 6.07) is 18.7. The highest BCUT2D eigenvalue weighted by atomic mass is 16.5. The predicted octanol–water partition coefficient (Wildman–Crippen LogP) is 4.22. The summed E-state index contributed by atoms with van der Waals surface area (Å²) in [7, 11) is 4.57. The van der Waals surface area contributed by atoms with Gasteiger partial charge in [0.1, 0.15) is 17.2 Å². The summed E-state index contributed by atoms with van der Waals surface area (Å²) in [5.41, 5.74) is 1.94. The predicted molar refractivity (Wildman–Crippen MR) is 115 cm³/mol. The first-order valence-corrected chi connectivity index (χ1v) is 9.13. The lowest BCUT2D eigenvalue weighted by Gasteiger charge is -2.12. The van der Waals surface area contributed by atoms with Crippen LogP contribution >= 0.6 is 0 Å². The molecule has 0 aromatic heterocycles. The quantitative estimate of drug-likeness (QED) is 0.614. The summed E-state index contributed by atoms with van der Waals surface area (Å²) in [6.45, 7) is 0. The van der Waals surface area contributed by atoms with Crippen LogP contribution in [0, 0.1) is 0 Å². The average Bonchev–Trinajstić information content (AvgIpc) is 2.79. The van der Waals surface area contributed by atoms with E-state index in [4.69, 9.17) is 14.2 Å². The molecule has 0 radical (unpaired) electrons. The van der Waals surface area contributed by atoms with Gasteiger partial charge in [-0.25, -0.2) is 0 Å². The molecule has 0 atom stereocenters. The molecule has 0 heterocycles. The summed E-state index contributed by atoms with van der Waals surface area (Å²) in [4.78, 5) is 25.1. The number of anilines is 2. The zero-order chi connectivity index (χ0) is 21.5. The Labute approximate surface area is 174 Å². The van der Waals surface area contributed by atoms with Crippen molar-refractivity contribution in [2.45, 2.75) is 0 Å². The fraction of sp³-hybridized carbons (Fsp3) is 0.130. The second-order valence-corrected chi connectivity index (χ2v) is 6.25. The smallest absolute Gasteiger partial charge is 0.259 e. The Hall–Kier alpha value is -4.00. The fourth-order valence-electron chi connectivity index (χ4n) is 2.83. The van der Waals surface area contributed by atoms with E-state index in [0.29, 0.717) is 39.8 Å². The van der Waals surface area contributed by atoms with Crippen LogP contribution in [-0.4, -0.2) is 33.1 Å². The molecular formula is C23H22N2O5. The number of carbonyl (C=O) groups excluding carboxylic acids is 2. The van der Waals surface area contributed by atoms with Crippen LogP contribution in [0.15, 0.2) is 66.7 Å². The number of methoxy groups -OCH3 is 3. The Morgan fingerprint density at radius 2 is 1.40 bits per heavy atom. The van der Waals surface area contributed by atoms with E-state index in [1.54, 1.807) is 68.8 Å². The van der Waals surface area contributed by atoms with Crippen LogP contribution in [0.3, 0.4) is 0 Å². The van der Waals surface area contributed by atoms with Crippen LogP contribution in [-0.2, 0) is 0 Å². The fourth-order valence-corrected chi connectivity index (χ4v) is 2.83. The Balaban J connectivity index is 1.70. The van der Waals surface area contributed by atoms with Crippen LogP contribution in [0.4, 0.5) is 11.4 Å². The molecule has 2 N–H and O–H groups in total. The summed E-state index contributed by atoms with van der Waals surface area (Å²) in [5, 5.41) is 5.60. The zero-order valence-corrected chi connectivity index (χ0v) is 16.9. The highest BCUT2D eigenvalue weighted by molar-refractivity contribution is 6.07. The molecule has 2 amide bonds. The number of hydrogen-bond acceptors (Lipinski definition) is 5. The number of nitrogens with one attached hydrogen (secondary N) is 2. The van der Waals surface area contributed by atoms with Gasteiger partial charge in [0, 0.05) is 17.3 Å². The summed E-state index contributed by atoms with van der Waals surface area (Å²) in [5.74, 6) is 0.951. The van der Waals surface area contributed by atoms with E-state index in [9.17, 15) is 9.59 Å². The molecule has 3 rings (SSSR count).